The summed E-state index contributed by atoms with van der Waals surface area (Å²) in [7, 11) is 3.09. The first-order valence-corrected chi connectivity index (χ1v) is 12.3. The van der Waals surface area contributed by atoms with Crippen molar-refractivity contribution < 1.29 is 28.7 Å². The molecule has 1 spiro atoms. The number of nitrogens with two attached hydrogens (primary N) is 1. The Morgan fingerprint density at radius 2 is 1.84 bits per heavy atom. The molecule has 2 aromatic carbocycles. The summed E-state index contributed by atoms with van der Waals surface area (Å²) in [6.07, 6.45) is 0.688. The number of hydrogen-bond acceptors (Lipinski definition) is 7. The van der Waals surface area contributed by atoms with Crippen molar-refractivity contribution in [3.8, 4) is 11.5 Å². The molecule has 4 atom stereocenters. The second-order valence-corrected chi connectivity index (χ2v) is 9.79. The quantitative estimate of drug-likeness (QED) is 0.458. The highest BCUT2D eigenvalue weighted by atomic mass is 16.5. The molecule has 0 aliphatic carbocycles. The van der Waals surface area contributed by atoms with Crippen LogP contribution in [0.3, 0.4) is 0 Å². The molecule has 194 valence electrons. The fraction of sp³-hybridized carbons (Fsp3) is 0.407. The molecule has 3 aliphatic rings. The molecule has 0 bridgehead atoms. The van der Waals surface area contributed by atoms with Crippen molar-refractivity contribution in [3.05, 3.63) is 53.1 Å². The van der Waals surface area contributed by atoms with Gasteiger partial charge in [0.05, 0.1) is 26.1 Å². The number of likely N-dealkylation sites (tertiary alicyclic amines) is 1. The Bertz CT molecular complexity index is 1310. The van der Waals surface area contributed by atoms with E-state index in [4.69, 9.17) is 15.2 Å². The van der Waals surface area contributed by atoms with Crippen LogP contribution >= 0.6 is 0 Å². The zero-order valence-corrected chi connectivity index (χ0v) is 21.0. The Labute approximate surface area is 214 Å². The highest BCUT2D eigenvalue weighted by Crippen LogP contribution is 2.54. The zero-order valence-electron chi connectivity index (χ0n) is 21.0. The molecule has 2 saturated heterocycles. The second kappa shape index (κ2) is 9.19. The summed E-state index contributed by atoms with van der Waals surface area (Å²) in [6.45, 7) is 2.03. The van der Waals surface area contributed by atoms with E-state index in [0.29, 0.717) is 29.2 Å². The second-order valence-electron chi connectivity index (χ2n) is 9.79. The maximum atomic E-state index is 13.9. The number of para-hydroxylation sites is 1. The number of anilines is 1. The summed E-state index contributed by atoms with van der Waals surface area (Å²) in [6, 6.07) is 10.4. The molecule has 4 amide bonds. The summed E-state index contributed by atoms with van der Waals surface area (Å²) in [4.78, 5) is 53.9. The fourth-order valence-corrected chi connectivity index (χ4v) is 6.08. The lowest BCUT2D eigenvalue weighted by Gasteiger charge is -2.29. The van der Waals surface area contributed by atoms with Gasteiger partial charge in [0, 0.05) is 30.3 Å². The van der Waals surface area contributed by atoms with Crippen LogP contribution in [0.25, 0.3) is 0 Å². The average Bonchev–Trinajstić information content (AvgIpc) is 3.46. The molecule has 3 heterocycles. The molecule has 10 heteroatoms. The molecule has 10 nitrogen and oxygen atoms in total. The van der Waals surface area contributed by atoms with Crippen LogP contribution in [0, 0.1) is 18.8 Å². The number of nitrogens with one attached hydrogen (secondary N) is 2. The van der Waals surface area contributed by atoms with Crippen LogP contribution in [0.1, 0.15) is 29.5 Å². The first kappa shape index (κ1) is 24.8. The van der Waals surface area contributed by atoms with Gasteiger partial charge in [0.1, 0.15) is 5.54 Å². The lowest BCUT2D eigenvalue weighted by molar-refractivity contribution is -0.142. The van der Waals surface area contributed by atoms with Crippen LogP contribution in [0.2, 0.25) is 0 Å². The van der Waals surface area contributed by atoms with Crippen LogP contribution in [0.15, 0.2) is 36.4 Å². The first-order chi connectivity index (χ1) is 17.7. The Balaban J connectivity index is 1.48. The normalized spacial score (nSPS) is 25.9. The van der Waals surface area contributed by atoms with E-state index in [2.05, 4.69) is 10.6 Å². The number of primary amides is 1. The first-order valence-electron chi connectivity index (χ1n) is 12.3. The van der Waals surface area contributed by atoms with Gasteiger partial charge in [-0.15, -0.1) is 0 Å². The van der Waals surface area contributed by atoms with Crippen LogP contribution in [0.4, 0.5) is 5.69 Å². The molecule has 2 fully saturated rings. The van der Waals surface area contributed by atoms with Gasteiger partial charge in [-0.3, -0.25) is 29.4 Å². The van der Waals surface area contributed by atoms with Crippen molar-refractivity contribution in [3.63, 3.8) is 0 Å². The molecule has 4 N–H and O–H groups in total. The van der Waals surface area contributed by atoms with E-state index < -0.39 is 35.2 Å². The minimum Gasteiger partial charge on any atom is -0.493 e. The van der Waals surface area contributed by atoms with Gasteiger partial charge in [0.25, 0.3) is 0 Å². The van der Waals surface area contributed by atoms with E-state index in [-0.39, 0.29) is 31.2 Å². The summed E-state index contributed by atoms with van der Waals surface area (Å²) in [5, 5.41) is 6.25. The number of nitrogens with zero attached hydrogens (tertiary/aromatic N) is 1. The van der Waals surface area contributed by atoms with E-state index in [9.17, 15) is 19.2 Å². The van der Waals surface area contributed by atoms with Crippen molar-refractivity contribution >= 4 is 29.3 Å². The van der Waals surface area contributed by atoms with Gasteiger partial charge < -0.3 is 20.5 Å². The summed E-state index contributed by atoms with van der Waals surface area (Å²) in [5.41, 5.74) is 7.04. The molecule has 3 aliphatic heterocycles. The molecule has 5 rings (SSSR count). The summed E-state index contributed by atoms with van der Waals surface area (Å²) < 4.78 is 10.7. The summed E-state index contributed by atoms with van der Waals surface area (Å²) >= 11 is 0. The Morgan fingerprint density at radius 3 is 2.54 bits per heavy atom. The third-order valence-corrected chi connectivity index (χ3v) is 7.82. The third-order valence-electron chi connectivity index (χ3n) is 7.82. The van der Waals surface area contributed by atoms with E-state index in [1.807, 2.05) is 37.3 Å². The molecular weight excluding hydrogens is 476 g/mol. The number of benzene rings is 2. The number of hydrogen-bond donors (Lipinski definition) is 3. The number of imide groups is 1. The highest BCUT2D eigenvalue weighted by Gasteiger charge is 2.70. The minimum atomic E-state index is -1.39. The van der Waals surface area contributed by atoms with Crippen molar-refractivity contribution in [2.45, 2.75) is 37.8 Å². The molecule has 0 saturated carbocycles. The Kier molecular flexibility index (Phi) is 6.15. The largest absolute Gasteiger partial charge is 0.493 e. The number of fused-ring (bicyclic) bond motifs is 4. The van der Waals surface area contributed by atoms with Gasteiger partial charge in [-0.1, -0.05) is 24.3 Å². The van der Waals surface area contributed by atoms with Crippen molar-refractivity contribution in [1.29, 1.82) is 0 Å². The maximum absolute atomic E-state index is 13.9. The number of ether oxygens (including phenoxy) is 2. The molecule has 2 aromatic rings. The molecule has 0 radical (unpaired) electrons. The minimum absolute atomic E-state index is 0.0341. The van der Waals surface area contributed by atoms with Gasteiger partial charge in [-0.2, -0.15) is 0 Å². The number of rotatable bonds is 8. The van der Waals surface area contributed by atoms with Gasteiger partial charge in [-0.25, -0.2) is 0 Å². The molecule has 37 heavy (non-hydrogen) atoms. The van der Waals surface area contributed by atoms with Crippen molar-refractivity contribution in [2.24, 2.45) is 17.6 Å². The monoisotopic (exact) mass is 506 g/mol. The Hall–Kier alpha value is -3.92. The van der Waals surface area contributed by atoms with Crippen LogP contribution in [0.5, 0.6) is 11.5 Å². The van der Waals surface area contributed by atoms with Gasteiger partial charge >= 0.3 is 0 Å². The zero-order chi connectivity index (χ0) is 26.5. The average molecular weight is 507 g/mol. The smallest absolute Gasteiger partial charge is 0.250 e. The predicted molar refractivity (Wildman–Crippen MR) is 134 cm³/mol. The lowest BCUT2D eigenvalue weighted by atomic mass is 9.76. The number of carbonyl (C=O) groups is 4. The highest BCUT2D eigenvalue weighted by molar-refractivity contribution is 6.15. The SMILES string of the molecule is COc1ccc(CCN2C(=O)[C@@H]3[C@@H](CCC(N)=O)N[C@]4(C(=O)Nc5c(C)cccc54)[C@H]3C2=O)cc1OC. The van der Waals surface area contributed by atoms with Crippen molar-refractivity contribution in [2.75, 3.05) is 26.1 Å². The van der Waals surface area contributed by atoms with Crippen LogP contribution in [-0.4, -0.2) is 55.3 Å². The van der Waals surface area contributed by atoms with Gasteiger partial charge in [0.15, 0.2) is 11.5 Å². The van der Waals surface area contributed by atoms with Crippen LogP contribution in [-0.2, 0) is 31.1 Å². The Morgan fingerprint density at radius 1 is 1.08 bits per heavy atom. The number of methoxy groups -OCH3 is 2. The topological polar surface area (TPSA) is 140 Å². The van der Waals surface area contributed by atoms with E-state index >= 15 is 0 Å². The third kappa shape index (κ3) is 3.74. The van der Waals surface area contributed by atoms with Crippen molar-refractivity contribution in [1.82, 2.24) is 10.2 Å². The van der Waals surface area contributed by atoms with E-state index in [1.165, 1.54) is 4.90 Å². The molecule has 0 aromatic heterocycles. The number of aryl methyl sites for hydroxylation is 1. The van der Waals surface area contributed by atoms with Gasteiger partial charge in [-0.05, 0) is 43.0 Å². The fourth-order valence-electron chi connectivity index (χ4n) is 6.08. The molecule has 0 unspecified atom stereocenters. The van der Waals surface area contributed by atoms with Crippen LogP contribution < -0.4 is 25.8 Å². The number of amides is 4. The van der Waals surface area contributed by atoms with E-state index in [1.54, 1.807) is 20.3 Å². The lowest BCUT2D eigenvalue weighted by Crippen LogP contribution is -2.53. The predicted octanol–water partition coefficient (Wildman–Crippen LogP) is 1.24. The standard InChI is InChI=1S/C27H30N4O6/c1-14-5-4-6-16-23(14)29-26(35)27(16)22-21(17(30-27)8-10-20(28)32)24(33)31(25(22)34)12-11-15-7-9-18(36-2)19(13-15)37-3/h4-7,9,13,17,21-22,30H,8,10-12H2,1-3H3,(H2,28,32)(H,29,35)/t17-,21-,22-,27+/m1/s1. The molecular formula is C27H30N4O6. The maximum Gasteiger partial charge on any atom is 0.250 e. The summed E-state index contributed by atoms with van der Waals surface area (Å²) in [5.74, 6) is -2.18. The van der Waals surface area contributed by atoms with E-state index in [0.717, 1.165) is 11.1 Å². The number of carbonyl (C=O) groups excluding carboxylic acids is 4. The van der Waals surface area contributed by atoms with Gasteiger partial charge in [0.2, 0.25) is 23.6 Å².